The number of rotatable bonds is 4. The highest BCUT2D eigenvalue weighted by Gasteiger charge is 2.42. The van der Waals surface area contributed by atoms with Crippen LogP contribution in [0, 0.1) is 0 Å². The standard InChI is InChI=1S/C29H30BrNO3/c1-18-26(29(33)34-23-13-6-3-7-14-23)27(20-11-8-12-22(30)15-20)28-24(31-18)16-21(17-25(28)32)19-9-4-2-5-10-19/h2,4-5,8-12,15,21,23,27,31H,3,6-7,13-14,16-17H2,1H3/t21-,27-/m1/s1. The van der Waals surface area contributed by atoms with Gasteiger partial charge in [0.1, 0.15) is 6.10 Å². The summed E-state index contributed by atoms with van der Waals surface area (Å²) in [4.78, 5) is 27.2. The van der Waals surface area contributed by atoms with Crippen LogP contribution in [0.5, 0.6) is 0 Å². The second-order valence-electron chi connectivity index (χ2n) is 9.65. The lowest BCUT2D eigenvalue weighted by Gasteiger charge is -2.37. The van der Waals surface area contributed by atoms with Crippen molar-refractivity contribution in [2.75, 3.05) is 0 Å². The number of halogens is 1. The number of carbonyl (C=O) groups excluding carboxylic acids is 2. The van der Waals surface area contributed by atoms with Crippen molar-refractivity contribution in [1.29, 1.82) is 0 Å². The predicted molar refractivity (Wildman–Crippen MR) is 136 cm³/mol. The molecule has 0 aromatic heterocycles. The Morgan fingerprint density at radius 1 is 0.971 bits per heavy atom. The molecule has 1 heterocycles. The number of carbonyl (C=O) groups is 2. The number of nitrogens with one attached hydrogen (secondary N) is 1. The van der Waals surface area contributed by atoms with Gasteiger partial charge in [-0.05, 0) is 68.2 Å². The summed E-state index contributed by atoms with van der Waals surface area (Å²) >= 11 is 3.57. The first-order valence-electron chi connectivity index (χ1n) is 12.3. The summed E-state index contributed by atoms with van der Waals surface area (Å²) in [6.07, 6.45) is 6.37. The van der Waals surface area contributed by atoms with Gasteiger partial charge < -0.3 is 10.1 Å². The van der Waals surface area contributed by atoms with Crippen molar-refractivity contribution >= 4 is 27.7 Å². The van der Waals surface area contributed by atoms with Crippen LogP contribution < -0.4 is 5.32 Å². The van der Waals surface area contributed by atoms with Crippen LogP contribution in [0.3, 0.4) is 0 Å². The van der Waals surface area contributed by atoms with Gasteiger partial charge in [0, 0.05) is 33.8 Å². The molecule has 0 spiro atoms. The average molecular weight is 520 g/mol. The van der Waals surface area contributed by atoms with Crippen LogP contribution in [-0.2, 0) is 14.3 Å². The average Bonchev–Trinajstić information content (AvgIpc) is 2.84. The van der Waals surface area contributed by atoms with Crippen molar-refractivity contribution in [2.24, 2.45) is 0 Å². The van der Waals surface area contributed by atoms with Gasteiger partial charge in [-0.25, -0.2) is 4.79 Å². The third kappa shape index (κ3) is 4.63. The Bertz CT molecular complexity index is 1160. The molecular weight excluding hydrogens is 490 g/mol. The van der Waals surface area contributed by atoms with Crippen molar-refractivity contribution in [2.45, 2.75) is 69.8 Å². The maximum absolute atomic E-state index is 13.7. The summed E-state index contributed by atoms with van der Waals surface area (Å²) in [5, 5.41) is 3.46. The fourth-order valence-electron chi connectivity index (χ4n) is 5.69. The number of benzene rings is 2. The molecule has 0 saturated heterocycles. The van der Waals surface area contributed by atoms with Gasteiger partial charge in [-0.15, -0.1) is 0 Å². The zero-order chi connectivity index (χ0) is 23.7. The predicted octanol–water partition coefficient (Wildman–Crippen LogP) is 6.69. The van der Waals surface area contributed by atoms with E-state index in [1.165, 1.54) is 12.0 Å². The molecule has 2 aromatic rings. The highest BCUT2D eigenvalue weighted by Crippen LogP contribution is 2.46. The van der Waals surface area contributed by atoms with Crippen LogP contribution >= 0.6 is 15.9 Å². The molecule has 4 nitrogen and oxygen atoms in total. The molecule has 5 heteroatoms. The Morgan fingerprint density at radius 2 is 1.71 bits per heavy atom. The van der Waals surface area contributed by atoms with Crippen LogP contribution in [0.1, 0.15) is 74.8 Å². The normalized spacial score (nSPS) is 23.4. The minimum Gasteiger partial charge on any atom is -0.459 e. The maximum atomic E-state index is 13.7. The molecule has 1 aliphatic heterocycles. The van der Waals surface area contributed by atoms with Gasteiger partial charge in [0.2, 0.25) is 0 Å². The monoisotopic (exact) mass is 519 g/mol. The Morgan fingerprint density at radius 3 is 2.44 bits per heavy atom. The van der Waals surface area contributed by atoms with E-state index >= 15 is 0 Å². The molecule has 176 valence electrons. The quantitative estimate of drug-likeness (QED) is 0.457. The molecule has 0 amide bonds. The van der Waals surface area contributed by atoms with Crippen LogP contribution in [0.25, 0.3) is 0 Å². The van der Waals surface area contributed by atoms with E-state index in [2.05, 4.69) is 33.4 Å². The molecule has 0 radical (unpaired) electrons. The van der Waals surface area contributed by atoms with Crippen LogP contribution in [0.15, 0.2) is 81.6 Å². The minimum atomic E-state index is -0.422. The molecule has 2 atom stereocenters. The van der Waals surface area contributed by atoms with Gasteiger partial charge in [-0.1, -0.05) is 64.8 Å². The number of Topliss-reactive ketones (excluding diaryl/α,β-unsaturated/α-hetero) is 1. The first-order valence-corrected chi connectivity index (χ1v) is 13.1. The molecular formula is C29H30BrNO3. The fourth-order valence-corrected chi connectivity index (χ4v) is 6.10. The zero-order valence-corrected chi connectivity index (χ0v) is 21.1. The molecule has 5 rings (SSSR count). The second-order valence-corrected chi connectivity index (χ2v) is 10.6. The number of allylic oxidation sites excluding steroid dienone is 3. The maximum Gasteiger partial charge on any atom is 0.337 e. The van der Waals surface area contributed by atoms with E-state index in [1.807, 2.05) is 49.4 Å². The molecule has 2 aliphatic carbocycles. The van der Waals surface area contributed by atoms with Crippen LogP contribution in [-0.4, -0.2) is 17.9 Å². The van der Waals surface area contributed by atoms with Crippen LogP contribution in [0.2, 0.25) is 0 Å². The summed E-state index contributed by atoms with van der Waals surface area (Å²) in [5.41, 5.74) is 5.10. The highest BCUT2D eigenvalue weighted by atomic mass is 79.9. The molecule has 0 unspecified atom stereocenters. The molecule has 1 fully saturated rings. The molecule has 0 bridgehead atoms. The Hall–Kier alpha value is -2.66. The second kappa shape index (κ2) is 9.91. The lowest BCUT2D eigenvalue weighted by atomic mass is 9.71. The molecule has 3 aliphatic rings. The first kappa shape index (κ1) is 23.1. The van der Waals surface area contributed by atoms with Gasteiger partial charge >= 0.3 is 5.97 Å². The van der Waals surface area contributed by atoms with Gasteiger partial charge in [0.25, 0.3) is 0 Å². The number of ketones is 1. The fraction of sp³-hybridized carbons (Fsp3) is 0.379. The van der Waals surface area contributed by atoms with Crippen molar-refractivity contribution in [3.8, 4) is 0 Å². The molecule has 2 aromatic carbocycles. The number of esters is 1. The van der Waals surface area contributed by atoms with E-state index in [-0.39, 0.29) is 23.8 Å². The summed E-state index contributed by atoms with van der Waals surface area (Å²) in [6, 6.07) is 18.2. The minimum absolute atomic E-state index is 0.0374. The van der Waals surface area contributed by atoms with E-state index in [0.29, 0.717) is 17.6 Å². The molecule has 1 N–H and O–H groups in total. The summed E-state index contributed by atoms with van der Waals surface area (Å²) in [6.45, 7) is 1.93. The third-order valence-corrected chi connectivity index (χ3v) is 7.82. The summed E-state index contributed by atoms with van der Waals surface area (Å²) < 4.78 is 6.93. The van der Waals surface area contributed by atoms with E-state index in [0.717, 1.165) is 53.5 Å². The van der Waals surface area contributed by atoms with Gasteiger partial charge in [-0.3, -0.25) is 4.79 Å². The van der Waals surface area contributed by atoms with E-state index in [4.69, 9.17) is 4.74 Å². The van der Waals surface area contributed by atoms with Crippen molar-refractivity contribution in [3.05, 3.63) is 92.7 Å². The summed E-state index contributed by atoms with van der Waals surface area (Å²) in [5.74, 6) is -0.491. The third-order valence-electron chi connectivity index (χ3n) is 7.33. The highest BCUT2D eigenvalue weighted by molar-refractivity contribution is 9.10. The first-order chi connectivity index (χ1) is 16.5. The van der Waals surface area contributed by atoms with E-state index < -0.39 is 5.92 Å². The number of hydrogen-bond acceptors (Lipinski definition) is 4. The van der Waals surface area contributed by atoms with Gasteiger partial charge in [0.05, 0.1) is 5.57 Å². The largest absolute Gasteiger partial charge is 0.459 e. The van der Waals surface area contributed by atoms with Gasteiger partial charge in [-0.2, -0.15) is 0 Å². The zero-order valence-electron chi connectivity index (χ0n) is 19.5. The lowest BCUT2D eigenvalue weighted by molar-refractivity contribution is -0.146. The molecule has 34 heavy (non-hydrogen) atoms. The Balaban J connectivity index is 1.53. The summed E-state index contributed by atoms with van der Waals surface area (Å²) in [7, 11) is 0. The Kier molecular flexibility index (Phi) is 6.73. The smallest absolute Gasteiger partial charge is 0.337 e. The number of hydrogen-bond donors (Lipinski definition) is 1. The van der Waals surface area contributed by atoms with E-state index in [9.17, 15) is 9.59 Å². The van der Waals surface area contributed by atoms with E-state index in [1.54, 1.807) is 0 Å². The topological polar surface area (TPSA) is 55.4 Å². The Labute approximate surface area is 209 Å². The van der Waals surface area contributed by atoms with Gasteiger partial charge in [0.15, 0.2) is 5.78 Å². The number of dihydropyridines is 1. The molecule has 1 saturated carbocycles. The van der Waals surface area contributed by atoms with Crippen molar-refractivity contribution in [1.82, 2.24) is 5.32 Å². The lowest BCUT2D eigenvalue weighted by Crippen LogP contribution is -2.37. The SMILES string of the molecule is CC1=C(C(=O)OC2CCCCC2)[C@@H](c2cccc(Br)c2)C2=C(C[C@@H](c3ccccc3)CC2=O)N1. The van der Waals surface area contributed by atoms with Crippen molar-refractivity contribution < 1.29 is 14.3 Å². The van der Waals surface area contributed by atoms with Crippen LogP contribution in [0.4, 0.5) is 0 Å². The van der Waals surface area contributed by atoms with Crippen molar-refractivity contribution in [3.63, 3.8) is 0 Å². The number of ether oxygens (including phenoxy) is 1.